The van der Waals surface area contributed by atoms with Gasteiger partial charge in [-0.1, -0.05) is 18.6 Å². The van der Waals surface area contributed by atoms with E-state index in [-0.39, 0.29) is 11.8 Å². The summed E-state index contributed by atoms with van der Waals surface area (Å²) in [5.41, 5.74) is -0.0282. The minimum absolute atomic E-state index is 0.201. The maximum absolute atomic E-state index is 13.4. The summed E-state index contributed by atoms with van der Waals surface area (Å²) in [5.74, 6) is -0.501. The molecule has 92 valence electrons. The normalized spacial score (nSPS) is 17.1. The zero-order chi connectivity index (χ0) is 12.3. The molecule has 0 radical (unpaired) electrons. The second-order valence-corrected chi connectivity index (χ2v) is 4.46. The second-order valence-electron chi connectivity index (χ2n) is 4.46. The first-order valence-electron chi connectivity index (χ1n) is 5.75. The lowest BCUT2D eigenvalue weighted by molar-refractivity contribution is -0.157. The van der Waals surface area contributed by atoms with Gasteiger partial charge in [0, 0.05) is 6.54 Å². The van der Waals surface area contributed by atoms with Crippen LogP contribution in [0.4, 0.5) is 10.1 Å². The minimum atomic E-state index is -0.461. The van der Waals surface area contributed by atoms with Crippen molar-refractivity contribution in [2.24, 2.45) is 5.41 Å². The molecule has 1 aromatic rings. The number of esters is 1. The highest BCUT2D eigenvalue weighted by Crippen LogP contribution is 2.42. The Labute approximate surface area is 100.0 Å². The number of anilines is 1. The van der Waals surface area contributed by atoms with Crippen LogP contribution in [0.3, 0.4) is 0 Å². The fourth-order valence-corrected chi connectivity index (χ4v) is 2.14. The Morgan fingerprint density at radius 2 is 2.18 bits per heavy atom. The summed E-state index contributed by atoms with van der Waals surface area (Å²) in [6, 6.07) is 6.46. The molecule has 0 aliphatic heterocycles. The molecule has 0 bridgehead atoms. The van der Waals surface area contributed by atoms with Crippen LogP contribution in [0.1, 0.15) is 19.3 Å². The van der Waals surface area contributed by atoms with Crippen LogP contribution in [-0.4, -0.2) is 19.6 Å². The van der Waals surface area contributed by atoms with Gasteiger partial charge in [0.25, 0.3) is 0 Å². The summed E-state index contributed by atoms with van der Waals surface area (Å²) in [6.45, 7) is 0.431. The highest BCUT2D eigenvalue weighted by Gasteiger charge is 2.45. The molecular weight excluding hydrogens is 221 g/mol. The number of para-hydroxylation sites is 1. The number of hydrogen-bond acceptors (Lipinski definition) is 3. The third-order valence-corrected chi connectivity index (χ3v) is 3.42. The number of rotatable bonds is 4. The molecule has 0 atom stereocenters. The molecule has 0 heterocycles. The molecule has 0 unspecified atom stereocenters. The standard InChI is InChI=1S/C13H16FNO2/c1-17-12(16)13(7-4-8-13)9-15-11-6-3-2-5-10(11)14/h2-3,5-6,15H,4,7-9H2,1H3. The van der Waals surface area contributed by atoms with Crippen LogP contribution in [0.2, 0.25) is 0 Å². The lowest BCUT2D eigenvalue weighted by Crippen LogP contribution is -2.44. The molecule has 0 saturated heterocycles. The molecule has 0 aromatic heterocycles. The number of carbonyl (C=O) groups is 1. The van der Waals surface area contributed by atoms with Gasteiger partial charge >= 0.3 is 5.97 Å². The van der Waals surface area contributed by atoms with Crippen molar-refractivity contribution in [1.82, 2.24) is 0 Å². The number of methoxy groups -OCH3 is 1. The van der Waals surface area contributed by atoms with Crippen LogP contribution < -0.4 is 5.32 Å². The molecule has 1 N–H and O–H groups in total. The van der Waals surface area contributed by atoms with Gasteiger partial charge in [-0.15, -0.1) is 0 Å². The molecule has 4 heteroatoms. The smallest absolute Gasteiger partial charge is 0.313 e. The molecule has 0 amide bonds. The van der Waals surface area contributed by atoms with Crippen molar-refractivity contribution in [2.75, 3.05) is 19.0 Å². The van der Waals surface area contributed by atoms with Gasteiger partial charge in [0.2, 0.25) is 0 Å². The van der Waals surface area contributed by atoms with Crippen LogP contribution in [0.15, 0.2) is 24.3 Å². The quantitative estimate of drug-likeness (QED) is 0.818. The minimum Gasteiger partial charge on any atom is -0.469 e. The highest BCUT2D eigenvalue weighted by atomic mass is 19.1. The highest BCUT2D eigenvalue weighted by molar-refractivity contribution is 5.78. The number of ether oxygens (including phenoxy) is 1. The van der Waals surface area contributed by atoms with Crippen LogP contribution in [-0.2, 0) is 9.53 Å². The first-order chi connectivity index (χ1) is 8.18. The van der Waals surface area contributed by atoms with E-state index >= 15 is 0 Å². The summed E-state index contributed by atoms with van der Waals surface area (Å²) >= 11 is 0. The summed E-state index contributed by atoms with van der Waals surface area (Å²) in [6.07, 6.45) is 2.64. The van der Waals surface area contributed by atoms with Crippen LogP contribution >= 0.6 is 0 Å². The van der Waals surface area contributed by atoms with Gasteiger partial charge in [-0.05, 0) is 25.0 Å². The zero-order valence-corrected chi connectivity index (χ0v) is 9.83. The summed E-state index contributed by atoms with van der Waals surface area (Å²) in [7, 11) is 1.39. The number of hydrogen-bond donors (Lipinski definition) is 1. The van der Waals surface area contributed by atoms with Crippen molar-refractivity contribution < 1.29 is 13.9 Å². The Kier molecular flexibility index (Phi) is 3.31. The molecule has 1 aliphatic rings. The van der Waals surface area contributed by atoms with E-state index in [9.17, 15) is 9.18 Å². The molecule has 1 saturated carbocycles. The number of benzene rings is 1. The van der Waals surface area contributed by atoms with E-state index in [1.54, 1.807) is 18.2 Å². The van der Waals surface area contributed by atoms with Gasteiger partial charge in [0.1, 0.15) is 5.82 Å². The van der Waals surface area contributed by atoms with E-state index in [1.807, 2.05) is 0 Å². The van der Waals surface area contributed by atoms with Crippen LogP contribution in [0, 0.1) is 11.2 Å². The Bertz CT molecular complexity index is 416. The van der Waals surface area contributed by atoms with Gasteiger partial charge < -0.3 is 10.1 Å². The predicted octanol–water partition coefficient (Wildman–Crippen LogP) is 2.58. The van der Waals surface area contributed by atoms with E-state index < -0.39 is 5.41 Å². The Hall–Kier alpha value is -1.58. The number of nitrogens with one attached hydrogen (secondary N) is 1. The maximum atomic E-state index is 13.4. The molecule has 1 aliphatic carbocycles. The van der Waals surface area contributed by atoms with E-state index in [4.69, 9.17) is 4.74 Å². The summed E-state index contributed by atoms with van der Waals surface area (Å²) in [5, 5.41) is 3.00. The first-order valence-corrected chi connectivity index (χ1v) is 5.75. The van der Waals surface area contributed by atoms with Crippen molar-refractivity contribution in [3.8, 4) is 0 Å². The molecule has 1 fully saturated rings. The van der Waals surface area contributed by atoms with Crippen molar-refractivity contribution in [3.63, 3.8) is 0 Å². The van der Waals surface area contributed by atoms with Crippen LogP contribution in [0.25, 0.3) is 0 Å². The monoisotopic (exact) mass is 237 g/mol. The fourth-order valence-electron chi connectivity index (χ4n) is 2.14. The van der Waals surface area contributed by atoms with Gasteiger partial charge in [0.05, 0.1) is 18.2 Å². The topological polar surface area (TPSA) is 38.3 Å². The second kappa shape index (κ2) is 4.73. The lowest BCUT2D eigenvalue weighted by Gasteiger charge is -2.39. The molecular formula is C13H16FNO2. The number of carbonyl (C=O) groups excluding carboxylic acids is 1. The van der Waals surface area contributed by atoms with Gasteiger partial charge in [-0.25, -0.2) is 4.39 Å². The Morgan fingerprint density at radius 3 is 2.71 bits per heavy atom. The Morgan fingerprint density at radius 1 is 1.47 bits per heavy atom. The SMILES string of the molecule is COC(=O)C1(CNc2ccccc2F)CCC1. The molecule has 17 heavy (non-hydrogen) atoms. The average Bonchev–Trinajstić information content (AvgIpc) is 2.29. The molecule has 3 nitrogen and oxygen atoms in total. The summed E-state index contributed by atoms with van der Waals surface area (Å²) in [4.78, 5) is 11.7. The van der Waals surface area contributed by atoms with E-state index in [1.165, 1.54) is 13.2 Å². The molecule has 1 aromatic carbocycles. The molecule has 2 rings (SSSR count). The predicted molar refractivity (Wildman–Crippen MR) is 63.2 cm³/mol. The lowest BCUT2D eigenvalue weighted by atomic mass is 9.68. The van der Waals surface area contributed by atoms with Crippen LogP contribution in [0.5, 0.6) is 0 Å². The first kappa shape index (κ1) is 11.9. The van der Waals surface area contributed by atoms with E-state index in [0.29, 0.717) is 12.2 Å². The van der Waals surface area contributed by atoms with Crippen molar-refractivity contribution in [1.29, 1.82) is 0 Å². The van der Waals surface area contributed by atoms with Crippen molar-refractivity contribution >= 4 is 11.7 Å². The van der Waals surface area contributed by atoms with E-state index in [2.05, 4.69) is 5.32 Å². The average molecular weight is 237 g/mol. The van der Waals surface area contributed by atoms with Gasteiger partial charge in [0.15, 0.2) is 0 Å². The van der Waals surface area contributed by atoms with Crippen molar-refractivity contribution in [3.05, 3.63) is 30.1 Å². The zero-order valence-electron chi connectivity index (χ0n) is 9.83. The van der Waals surface area contributed by atoms with Crippen molar-refractivity contribution in [2.45, 2.75) is 19.3 Å². The number of halogens is 1. The van der Waals surface area contributed by atoms with E-state index in [0.717, 1.165) is 19.3 Å². The fraction of sp³-hybridized carbons (Fsp3) is 0.462. The molecule has 0 spiro atoms. The largest absolute Gasteiger partial charge is 0.469 e. The summed E-state index contributed by atoms with van der Waals surface area (Å²) < 4.78 is 18.2. The van der Waals surface area contributed by atoms with Gasteiger partial charge in [-0.2, -0.15) is 0 Å². The third-order valence-electron chi connectivity index (χ3n) is 3.42. The maximum Gasteiger partial charge on any atom is 0.313 e. The Balaban J connectivity index is 2.02. The third kappa shape index (κ3) is 2.25. The van der Waals surface area contributed by atoms with Gasteiger partial charge in [-0.3, -0.25) is 4.79 Å².